The van der Waals surface area contributed by atoms with Gasteiger partial charge in [0, 0.05) is 35.3 Å². The number of hydrogen-bond acceptors (Lipinski definition) is 6. The van der Waals surface area contributed by atoms with Crippen LogP contribution in [-0.2, 0) is 7.05 Å². The summed E-state index contributed by atoms with van der Waals surface area (Å²) in [7, 11) is 1.95. The molecular formula is C16H14N4OS3. The van der Waals surface area contributed by atoms with E-state index in [1.165, 1.54) is 11.3 Å². The molecule has 4 aromatic heterocycles. The van der Waals surface area contributed by atoms with Gasteiger partial charge in [-0.3, -0.25) is 4.79 Å². The van der Waals surface area contributed by atoms with Gasteiger partial charge in [0.05, 0.1) is 10.6 Å². The second kappa shape index (κ2) is 6.19. The summed E-state index contributed by atoms with van der Waals surface area (Å²) >= 11 is 4.72. The summed E-state index contributed by atoms with van der Waals surface area (Å²) in [5.74, 6) is 0.681. The van der Waals surface area contributed by atoms with Crippen molar-refractivity contribution in [2.45, 2.75) is 17.3 Å². The highest BCUT2D eigenvalue weighted by atomic mass is 32.2. The molecule has 24 heavy (non-hydrogen) atoms. The highest BCUT2D eigenvalue weighted by Crippen LogP contribution is 2.36. The van der Waals surface area contributed by atoms with Crippen LogP contribution in [0.4, 0.5) is 0 Å². The SMILES string of the molecule is C[C@H](Sc1nccn1C)c1nc2scc(-c3cccs3)c2c(=O)[nH]1. The van der Waals surface area contributed by atoms with Crippen molar-refractivity contribution in [1.82, 2.24) is 19.5 Å². The third-order valence-electron chi connectivity index (χ3n) is 3.69. The number of H-pyrrole nitrogens is 1. The molecule has 0 saturated carbocycles. The maximum Gasteiger partial charge on any atom is 0.260 e. The minimum atomic E-state index is -0.0769. The molecule has 0 radical (unpaired) electrons. The average Bonchev–Trinajstić information content (AvgIpc) is 3.28. The number of aryl methyl sites for hydroxylation is 1. The molecule has 0 unspecified atom stereocenters. The monoisotopic (exact) mass is 374 g/mol. The number of aromatic amines is 1. The van der Waals surface area contributed by atoms with Crippen LogP contribution in [0.3, 0.4) is 0 Å². The summed E-state index contributed by atoms with van der Waals surface area (Å²) < 4.78 is 1.96. The molecule has 0 fully saturated rings. The van der Waals surface area contributed by atoms with Crippen LogP contribution in [0.5, 0.6) is 0 Å². The van der Waals surface area contributed by atoms with Gasteiger partial charge in [0.1, 0.15) is 10.7 Å². The van der Waals surface area contributed by atoms with E-state index in [1.807, 2.05) is 47.6 Å². The van der Waals surface area contributed by atoms with Gasteiger partial charge in [-0.1, -0.05) is 17.8 Å². The smallest absolute Gasteiger partial charge is 0.260 e. The lowest BCUT2D eigenvalue weighted by molar-refractivity contribution is 0.783. The Bertz CT molecular complexity index is 1050. The average molecular weight is 375 g/mol. The first-order valence-corrected chi connectivity index (χ1v) is 9.96. The fourth-order valence-corrected chi connectivity index (χ4v) is 5.11. The number of imidazole rings is 1. The van der Waals surface area contributed by atoms with Gasteiger partial charge in [0.25, 0.3) is 5.56 Å². The molecule has 4 rings (SSSR count). The Kier molecular flexibility index (Phi) is 4.03. The molecule has 122 valence electrons. The van der Waals surface area contributed by atoms with E-state index in [-0.39, 0.29) is 10.8 Å². The van der Waals surface area contributed by atoms with Gasteiger partial charge in [0.15, 0.2) is 5.16 Å². The number of nitrogens with one attached hydrogen (secondary N) is 1. The van der Waals surface area contributed by atoms with Gasteiger partial charge in [-0.05, 0) is 18.4 Å². The van der Waals surface area contributed by atoms with Crippen LogP contribution < -0.4 is 5.56 Å². The lowest BCUT2D eigenvalue weighted by Crippen LogP contribution is -2.12. The zero-order chi connectivity index (χ0) is 16.7. The molecule has 0 saturated heterocycles. The van der Waals surface area contributed by atoms with Crippen molar-refractivity contribution < 1.29 is 0 Å². The Morgan fingerprint density at radius 3 is 2.96 bits per heavy atom. The molecule has 4 aromatic rings. The number of thiophene rings is 2. The predicted octanol–water partition coefficient (Wildman–Crippen LogP) is 4.30. The molecule has 8 heteroatoms. The van der Waals surface area contributed by atoms with Crippen LogP contribution in [0.25, 0.3) is 20.7 Å². The van der Waals surface area contributed by atoms with Crippen molar-refractivity contribution >= 4 is 44.7 Å². The Balaban J connectivity index is 1.74. The molecule has 0 amide bonds. The van der Waals surface area contributed by atoms with E-state index in [9.17, 15) is 4.79 Å². The third kappa shape index (κ3) is 2.70. The van der Waals surface area contributed by atoms with Crippen LogP contribution in [-0.4, -0.2) is 19.5 Å². The van der Waals surface area contributed by atoms with E-state index in [2.05, 4.69) is 15.0 Å². The Morgan fingerprint density at radius 2 is 2.25 bits per heavy atom. The minimum Gasteiger partial charge on any atom is -0.329 e. The number of fused-ring (bicyclic) bond motifs is 1. The molecular weight excluding hydrogens is 360 g/mol. The van der Waals surface area contributed by atoms with E-state index in [0.717, 1.165) is 20.4 Å². The normalized spacial score (nSPS) is 12.8. The molecule has 0 aliphatic carbocycles. The summed E-state index contributed by atoms with van der Waals surface area (Å²) in [5.41, 5.74) is 0.890. The zero-order valence-corrected chi connectivity index (χ0v) is 15.5. The maximum absolute atomic E-state index is 12.6. The Morgan fingerprint density at radius 1 is 1.38 bits per heavy atom. The van der Waals surface area contributed by atoms with Crippen molar-refractivity contribution in [3.63, 3.8) is 0 Å². The third-order valence-corrected chi connectivity index (χ3v) is 6.65. The lowest BCUT2D eigenvalue weighted by atomic mass is 10.2. The molecule has 0 aliphatic rings. The summed E-state index contributed by atoms with van der Waals surface area (Å²) in [6.07, 6.45) is 3.67. The van der Waals surface area contributed by atoms with Crippen molar-refractivity contribution in [3.05, 3.63) is 51.5 Å². The number of aromatic nitrogens is 4. The zero-order valence-electron chi connectivity index (χ0n) is 13.0. The van der Waals surface area contributed by atoms with Crippen molar-refractivity contribution in [3.8, 4) is 10.4 Å². The van der Waals surface area contributed by atoms with E-state index in [4.69, 9.17) is 0 Å². The minimum absolute atomic E-state index is 0.00971. The first-order valence-electron chi connectivity index (χ1n) is 7.33. The first-order chi connectivity index (χ1) is 11.6. The number of nitrogens with zero attached hydrogens (tertiary/aromatic N) is 3. The molecule has 1 N–H and O–H groups in total. The highest BCUT2D eigenvalue weighted by molar-refractivity contribution is 7.99. The van der Waals surface area contributed by atoms with Gasteiger partial charge in [-0.15, -0.1) is 22.7 Å². The summed E-state index contributed by atoms with van der Waals surface area (Å²) in [5, 5.41) is 5.62. The summed E-state index contributed by atoms with van der Waals surface area (Å²) in [4.78, 5) is 26.5. The number of rotatable bonds is 4. The van der Waals surface area contributed by atoms with Crippen LogP contribution in [0.15, 0.2) is 45.2 Å². The van der Waals surface area contributed by atoms with Gasteiger partial charge < -0.3 is 9.55 Å². The molecule has 4 heterocycles. The second-order valence-corrected chi connectivity index (χ2v) is 8.45. The molecule has 0 aromatic carbocycles. The topological polar surface area (TPSA) is 63.6 Å². The van der Waals surface area contributed by atoms with Crippen molar-refractivity contribution in [1.29, 1.82) is 0 Å². The lowest BCUT2D eigenvalue weighted by Gasteiger charge is -2.10. The van der Waals surface area contributed by atoms with Crippen LogP contribution in [0.1, 0.15) is 18.0 Å². The van der Waals surface area contributed by atoms with Crippen LogP contribution >= 0.6 is 34.4 Å². The number of hydrogen-bond donors (Lipinski definition) is 1. The standard InChI is InChI=1S/C16H14N4OS3/c1-9(24-16-17-5-6-20(16)2)13-18-14(21)12-10(8-23-15(12)19-13)11-4-3-7-22-11/h3-9H,1-2H3,(H,18,19,21)/t9-/m0/s1. The van der Waals surface area contributed by atoms with Crippen LogP contribution in [0, 0.1) is 0 Å². The van der Waals surface area contributed by atoms with Gasteiger partial charge >= 0.3 is 0 Å². The largest absolute Gasteiger partial charge is 0.329 e. The van der Waals surface area contributed by atoms with Gasteiger partial charge in [-0.2, -0.15) is 0 Å². The van der Waals surface area contributed by atoms with Crippen LogP contribution in [0.2, 0.25) is 0 Å². The molecule has 5 nitrogen and oxygen atoms in total. The maximum atomic E-state index is 12.6. The molecule has 0 aliphatic heterocycles. The van der Waals surface area contributed by atoms with E-state index in [0.29, 0.717) is 11.2 Å². The van der Waals surface area contributed by atoms with Crippen molar-refractivity contribution in [2.24, 2.45) is 7.05 Å². The first kappa shape index (κ1) is 15.6. The Labute approximate surface area is 150 Å². The summed E-state index contributed by atoms with van der Waals surface area (Å²) in [6.45, 7) is 2.03. The Hall–Kier alpha value is -1.90. The van der Waals surface area contributed by atoms with Gasteiger partial charge in [0.2, 0.25) is 0 Å². The second-order valence-electron chi connectivity index (χ2n) is 5.34. The summed E-state index contributed by atoms with van der Waals surface area (Å²) in [6, 6.07) is 4.02. The molecule has 1 atom stereocenters. The fraction of sp³-hybridized carbons (Fsp3) is 0.188. The number of thioether (sulfide) groups is 1. The van der Waals surface area contributed by atoms with E-state index >= 15 is 0 Å². The van der Waals surface area contributed by atoms with E-state index in [1.54, 1.807) is 29.3 Å². The quantitative estimate of drug-likeness (QED) is 0.541. The van der Waals surface area contributed by atoms with Crippen molar-refractivity contribution in [2.75, 3.05) is 0 Å². The van der Waals surface area contributed by atoms with E-state index < -0.39 is 0 Å². The molecule has 0 spiro atoms. The molecule has 0 bridgehead atoms. The fourth-order valence-electron chi connectivity index (χ4n) is 2.45. The van der Waals surface area contributed by atoms with Gasteiger partial charge in [-0.25, -0.2) is 9.97 Å². The predicted molar refractivity (Wildman–Crippen MR) is 101 cm³/mol. The highest BCUT2D eigenvalue weighted by Gasteiger charge is 2.18.